The molecule has 2 aromatic rings. The zero-order chi connectivity index (χ0) is 12.8. The molecule has 0 aromatic heterocycles. The summed E-state index contributed by atoms with van der Waals surface area (Å²) in [5, 5.41) is 2.67. The minimum atomic E-state index is 1.18. The van der Waals surface area contributed by atoms with Crippen LogP contribution in [0.1, 0.15) is 45.1 Å². The summed E-state index contributed by atoms with van der Waals surface area (Å²) in [6.07, 6.45) is 7.21. The van der Waals surface area contributed by atoms with Crippen molar-refractivity contribution < 1.29 is 0 Å². The standard InChI is InChI=1S/C18H22/c1-3-5-9-15(8-4-2)18-13-12-16-10-6-7-11-17(16)14-18/h6-7,9-14H,3-5,8H2,1-2H3/b15-9-. The van der Waals surface area contributed by atoms with E-state index in [4.69, 9.17) is 0 Å². The molecule has 0 aliphatic carbocycles. The smallest absolute Gasteiger partial charge is 0.0178 e. The van der Waals surface area contributed by atoms with Gasteiger partial charge >= 0.3 is 0 Å². The highest BCUT2D eigenvalue weighted by Gasteiger charge is 2.01. The maximum atomic E-state index is 2.41. The molecule has 0 saturated carbocycles. The first-order valence-corrected chi connectivity index (χ1v) is 7.03. The molecule has 0 fully saturated rings. The molecule has 0 amide bonds. The second kappa shape index (κ2) is 6.39. The first kappa shape index (κ1) is 12.9. The number of allylic oxidation sites excluding steroid dienone is 2. The predicted molar refractivity (Wildman–Crippen MR) is 81.7 cm³/mol. The van der Waals surface area contributed by atoms with E-state index in [0.29, 0.717) is 0 Å². The summed E-state index contributed by atoms with van der Waals surface area (Å²) >= 11 is 0. The molecule has 0 N–H and O–H groups in total. The van der Waals surface area contributed by atoms with Crippen LogP contribution >= 0.6 is 0 Å². The molecule has 0 spiro atoms. The van der Waals surface area contributed by atoms with E-state index < -0.39 is 0 Å². The summed E-state index contributed by atoms with van der Waals surface area (Å²) in [6.45, 7) is 4.49. The molecule has 0 atom stereocenters. The molecule has 2 aromatic carbocycles. The molecule has 2 rings (SSSR count). The van der Waals surface area contributed by atoms with Gasteiger partial charge in [-0.3, -0.25) is 0 Å². The Kier molecular flexibility index (Phi) is 4.58. The first-order valence-electron chi connectivity index (χ1n) is 7.03. The quantitative estimate of drug-likeness (QED) is 0.615. The fraction of sp³-hybridized carbons (Fsp3) is 0.333. The normalized spacial score (nSPS) is 12.0. The summed E-state index contributed by atoms with van der Waals surface area (Å²) < 4.78 is 0. The van der Waals surface area contributed by atoms with Gasteiger partial charge in [0.15, 0.2) is 0 Å². The van der Waals surface area contributed by atoms with Crippen molar-refractivity contribution in [2.45, 2.75) is 39.5 Å². The van der Waals surface area contributed by atoms with Crippen molar-refractivity contribution in [3.05, 3.63) is 54.1 Å². The van der Waals surface area contributed by atoms with E-state index in [1.807, 2.05) is 0 Å². The molecule has 0 saturated heterocycles. The van der Waals surface area contributed by atoms with Gasteiger partial charge in [-0.25, -0.2) is 0 Å². The van der Waals surface area contributed by atoms with E-state index in [-0.39, 0.29) is 0 Å². The third-order valence-corrected chi connectivity index (χ3v) is 3.32. The van der Waals surface area contributed by atoms with Crippen molar-refractivity contribution >= 4 is 16.3 Å². The van der Waals surface area contributed by atoms with Crippen LogP contribution in [0.2, 0.25) is 0 Å². The molecule has 0 radical (unpaired) electrons. The molecule has 0 unspecified atom stereocenters. The Labute approximate surface area is 110 Å². The van der Waals surface area contributed by atoms with Crippen molar-refractivity contribution in [2.24, 2.45) is 0 Å². The topological polar surface area (TPSA) is 0 Å². The van der Waals surface area contributed by atoms with Crippen LogP contribution in [-0.4, -0.2) is 0 Å². The lowest BCUT2D eigenvalue weighted by Crippen LogP contribution is -1.86. The van der Waals surface area contributed by atoms with Crippen LogP contribution in [0.4, 0.5) is 0 Å². The van der Waals surface area contributed by atoms with Crippen molar-refractivity contribution in [2.75, 3.05) is 0 Å². The Hall–Kier alpha value is -1.56. The van der Waals surface area contributed by atoms with E-state index in [1.165, 1.54) is 47.6 Å². The van der Waals surface area contributed by atoms with Gasteiger partial charge in [0, 0.05) is 0 Å². The molecule has 18 heavy (non-hydrogen) atoms. The van der Waals surface area contributed by atoms with Gasteiger partial charge in [-0.1, -0.05) is 69.2 Å². The number of hydrogen-bond acceptors (Lipinski definition) is 0. The van der Waals surface area contributed by atoms with Crippen molar-refractivity contribution in [1.29, 1.82) is 0 Å². The second-order valence-electron chi connectivity index (χ2n) is 4.83. The maximum Gasteiger partial charge on any atom is -0.0178 e. The van der Waals surface area contributed by atoms with Crippen LogP contribution < -0.4 is 0 Å². The minimum absolute atomic E-state index is 1.18. The lowest BCUT2D eigenvalue weighted by molar-refractivity contribution is 0.933. The summed E-state index contributed by atoms with van der Waals surface area (Å²) in [7, 11) is 0. The highest BCUT2D eigenvalue weighted by molar-refractivity contribution is 5.86. The highest BCUT2D eigenvalue weighted by Crippen LogP contribution is 2.25. The fourth-order valence-electron chi connectivity index (χ4n) is 2.34. The number of fused-ring (bicyclic) bond motifs is 1. The molecular weight excluding hydrogens is 216 g/mol. The SMILES string of the molecule is CCC/C=C(/CCC)c1ccc2ccccc2c1. The molecule has 0 bridgehead atoms. The molecule has 0 aliphatic heterocycles. The average Bonchev–Trinajstić information content (AvgIpc) is 2.43. The minimum Gasteiger partial charge on any atom is -0.0807 e. The van der Waals surface area contributed by atoms with Crippen LogP contribution in [-0.2, 0) is 0 Å². The Morgan fingerprint density at radius 1 is 0.944 bits per heavy atom. The fourth-order valence-corrected chi connectivity index (χ4v) is 2.34. The third kappa shape index (κ3) is 3.01. The van der Waals surface area contributed by atoms with Gasteiger partial charge in [-0.05, 0) is 40.8 Å². The highest BCUT2D eigenvalue weighted by atomic mass is 14.1. The molecule has 0 heteroatoms. The second-order valence-corrected chi connectivity index (χ2v) is 4.83. The summed E-state index contributed by atoms with van der Waals surface area (Å²) in [6, 6.07) is 15.4. The molecule has 0 aliphatic rings. The van der Waals surface area contributed by atoms with Gasteiger partial charge in [0.05, 0.1) is 0 Å². The van der Waals surface area contributed by atoms with Crippen LogP contribution in [0.3, 0.4) is 0 Å². The monoisotopic (exact) mass is 238 g/mol. The van der Waals surface area contributed by atoms with Crippen molar-refractivity contribution in [3.63, 3.8) is 0 Å². The number of rotatable bonds is 5. The van der Waals surface area contributed by atoms with Crippen LogP contribution in [0.25, 0.3) is 16.3 Å². The summed E-state index contributed by atoms with van der Waals surface area (Å²) in [5.41, 5.74) is 2.90. The van der Waals surface area contributed by atoms with Crippen LogP contribution in [0.15, 0.2) is 48.5 Å². The lowest BCUT2D eigenvalue weighted by atomic mass is 9.97. The molecule has 94 valence electrons. The number of unbranched alkanes of at least 4 members (excludes halogenated alkanes) is 1. The van der Waals surface area contributed by atoms with E-state index in [1.54, 1.807) is 0 Å². The molecule has 0 heterocycles. The Bertz CT molecular complexity index is 534. The van der Waals surface area contributed by atoms with E-state index in [9.17, 15) is 0 Å². The zero-order valence-electron chi connectivity index (χ0n) is 11.4. The summed E-state index contributed by atoms with van der Waals surface area (Å²) in [5.74, 6) is 0. The lowest BCUT2D eigenvalue weighted by Gasteiger charge is -2.08. The number of hydrogen-bond donors (Lipinski definition) is 0. The van der Waals surface area contributed by atoms with Gasteiger partial charge in [0.1, 0.15) is 0 Å². The van der Waals surface area contributed by atoms with Crippen molar-refractivity contribution in [1.82, 2.24) is 0 Å². The summed E-state index contributed by atoms with van der Waals surface area (Å²) in [4.78, 5) is 0. The largest absolute Gasteiger partial charge is 0.0807 e. The Balaban J connectivity index is 2.38. The molecular formula is C18H22. The third-order valence-electron chi connectivity index (χ3n) is 3.32. The number of benzene rings is 2. The van der Waals surface area contributed by atoms with Gasteiger partial charge in [0.25, 0.3) is 0 Å². The van der Waals surface area contributed by atoms with Gasteiger partial charge in [0.2, 0.25) is 0 Å². The maximum absolute atomic E-state index is 2.41. The Morgan fingerprint density at radius 3 is 2.44 bits per heavy atom. The van der Waals surface area contributed by atoms with E-state index in [0.717, 1.165) is 0 Å². The average molecular weight is 238 g/mol. The zero-order valence-corrected chi connectivity index (χ0v) is 11.4. The van der Waals surface area contributed by atoms with Crippen LogP contribution in [0.5, 0.6) is 0 Å². The van der Waals surface area contributed by atoms with Crippen LogP contribution in [0, 0.1) is 0 Å². The Morgan fingerprint density at radius 2 is 1.72 bits per heavy atom. The van der Waals surface area contributed by atoms with Gasteiger partial charge < -0.3 is 0 Å². The first-order chi connectivity index (χ1) is 8.85. The van der Waals surface area contributed by atoms with Gasteiger partial charge in [-0.2, -0.15) is 0 Å². The molecule has 0 nitrogen and oxygen atoms in total. The van der Waals surface area contributed by atoms with Gasteiger partial charge in [-0.15, -0.1) is 0 Å². The predicted octanol–water partition coefficient (Wildman–Crippen LogP) is 5.82. The van der Waals surface area contributed by atoms with E-state index >= 15 is 0 Å². The van der Waals surface area contributed by atoms with E-state index in [2.05, 4.69) is 62.4 Å². The van der Waals surface area contributed by atoms with Crippen molar-refractivity contribution in [3.8, 4) is 0 Å².